The third-order valence-electron chi connectivity index (χ3n) is 2.90. The molecule has 0 radical (unpaired) electrons. The summed E-state index contributed by atoms with van der Waals surface area (Å²) in [7, 11) is 1.30. The number of carbonyl (C=O) groups is 2. The molecule has 6 nitrogen and oxygen atoms in total. The van der Waals surface area contributed by atoms with Crippen LogP contribution in [0, 0.1) is 0 Å². The Hall–Kier alpha value is -2.37. The smallest absolute Gasteiger partial charge is 0.328 e. The fourth-order valence-electron chi connectivity index (χ4n) is 1.80. The van der Waals surface area contributed by atoms with E-state index >= 15 is 0 Å². The third kappa shape index (κ3) is 2.73. The van der Waals surface area contributed by atoms with Crippen LogP contribution in [0.1, 0.15) is 23.7 Å². The summed E-state index contributed by atoms with van der Waals surface area (Å²) in [5.74, 6) is -0.749. The van der Waals surface area contributed by atoms with Gasteiger partial charge in [0.15, 0.2) is 0 Å². The Morgan fingerprint density at radius 3 is 2.95 bits per heavy atom. The van der Waals surface area contributed by atoms with Crippen LogP contribution in [0.5, 0.6) is 0 Å². The highest BCUT2D eigenvalue weighted by atomic mass is 16.5. The summed E-state index contributed by atoms with van der Waals surface area (Å²) in [4.78, 5) is 23.5. The average molecular weight is 261 g/mol. The maximum Gasteiger partial charge on any atom is 0.328 e. The van der Waals surface area contributed by atoms with E-state index in [1.54, 1.807) is 31.3 Å². The second kappa shape index (κ2) is 5.51. The van der Waals surface area contributed by atoms with Gasteiger partial charge in [0, 0.05) is 10.9 Å². The van der Waals surface area contributed by atoms with Crippen LogP contribution in [0.2, 0.25) is 0 Å². The number of esters is 1. The van der Waals surface area contributed by atoms with Gasteiger partial charge in [-0.1, -0.05) is 6.92 Å². The van der Waals surface area contributed by atoms with Gasteiger partial charge in [-0.15, -0.1) is 0 Å². The van der Waals surface area contributed by atoms with Crippen LogP contribution in [-0.4, -0.2) is 35.2 Å². The lowest BCUT2D eigenvalue weighted by Crippen LogP contribution is -2.41. The summed E-state index contributed by atoms with van der Waals surface area (Å²) in [5, 5.41) is 10.2. The number of rotatable bonds is 4. The van der Waals surface area contributed by atoms with E-state index in [1.165, 1.54) is 7.11 Å². The van der Waals surface area contributed by atoms with E-state index in [0.29, 0.717) is 12.0 Å². The molecule has 0 bridgehead atoms. The van der Waals surface area contributed by atoms with Gasteiger partial charge in [-0.3, -0.25) is 9.89 Å². The van der Waals surface area contributed by atoms with Crippen molar-refractivity contribution in [2.24, 2.45) is 0 Å². The van der Waals surface area contributed by atoms with Gasteiger partial charge in [-0.25, -0.2) is 4.79 Å². The molecule has 1 atom stereocenters. The van der Waals surface area contributed by atoms with E-state index < -0.39 is 12.0 Å². The van der Waals surface area contributed by atoms with Crippen LogP contribution >= 0.6 is 0 Å². The summed E-state index contributed by atoms with van der Waals surface area (Å²) in [5.41, 5.74) is 1.34. The van der Waals surface area contributed by atoms with Gasteiger partial charge >= 0.3 is 5.97 Å². The molecule has 1 amide bonds. The van der Waals surface area contributed by atoms with Crippen molar-refractivity contribution in [3.05, 3.63) is 30.0 Å². The number of fused-ring (bicyclic) bond motifs is 1. The Morgan fingerprint density at radius 1 is 1.47 bits per heavy atom. The first-order valence-electron chi connectivity index (χ1n) is 5.97. The number of hydrogen-bond donors (Lipinski definition) is 2. The van der Waals surface area contributed by atoms with E-state index in [2.05, 4.69) is 20.3 Å². The molecule has 2 aromatic rings. The number of aromatic nitrogens is 2. The topological polar surface area (TPSA) is 84.1 Å². The predicted octanol–water partition coefficient (Wildman–Crippen LogP) is 1.24. The molecule has 2 N–H and O–H groups in total. The lowest BCUT2D eigenvalue weighted by Gasteiger charge is -2.14. The first-order valence-corrected chi connectivity index (χ1v) is 5.97. The number of benzene rings is 1. The Kier molecular flexibility index (Phi) is 3.79. The molecule has 0 fully saturated rings. The normalized spacial score (nSPS) is 12.1. The van der Waals surface area contributed by atoms with Gasteiger partial charge in [0.05, 0.1) is 18.8 Å². The number of amides is 1. The molecule has 1 aromatic carbocycles. The van der Waals surface area contributed by atoms with Crippen molar-refractivity contribution in [1.29, 1.82) is 0 Å². The van der Waals surface area contributed by atoms with Gasteiger partial charge < -0.3 is 10.1 Å². The summed E-state index contributed by atoms with van der Waals surface area (Å²) in [6.07, 6.45) is 2.12. The first-order chi connectivity index (χ1) is 9.15. The summed E-state index contributed by atoms with van der Waals surface area (Å²) < 4.78 is 4.63. The molecular formula is C13H15N3O3. The SMILES string of the molecule is CC[C@@H](NC(=O)c1ccc2[nH]ncc2c1)C(=O)OC. The van der Waals surface area contributed by atoms with Crippen molar-refractivity contribution in [2.45, 2.75) is 19.4 Å². The average Bonchev–Trinajstić information content (AvgIpc) is 2.90. The quantitative estimate of drug-likeness (QED) is 0.811. The number of carbonyl (C=O) groups excluding carboxylic acids is 2. The predicted molar refractivity (Wildman–Crippen MR) is 69.7 cm³/mol. The molecule has 0 unspecified atom stereocenters. The lowest BCUT2D eigenvalue weighted by molar-refractivity contribution is -0.142. The van der Waals surface area contributed by atoms with Crippen LogP contribution in [0.4, 0.5) is 0 Å². The molecular weight excluding hydrogens is 246 g/mol. The highest BCUT2D eigenvalue weighted by Crippen LogP contribution is 2.13. The molecule has 19 heavy (non-hydrogen) atoms. The van der Waals surface area contributed by atoms with Crippen molar-refractivity contribution in [2.75, 3.05) is 7.11 Å². The summed E-state index contributed by atoms with van der Waals surface area (Å²) >= 11 is 0. The monoisotopic (exact) mass is 261 g/mol. The molecule has 0 spiro atoms. The zero-order chi connectivity index (χ0) is 13.8. The molecule has 100 valence electrons. The van der Waals surface area contributed by atoms with Crippen LogP contribution in [0.15, 0.2) is 24.4 Å². The summed E-state index contributed by atoms with van der Waals surface area (Å²) in [6, 6.07) is 4.55. The second-order valence-corrected chi connectivity index (χ2v) is 4.13. The summed E-state index contributed by atoms with van der Waals surface area (Å²) in [6.45, 7) is 1.81. The van der Waals surface area contributed by atoms with Crippen molar-refractivity contribution >= 4 is 22.8 Å². The van der Waals surface area contributed by atoms with Crippen molar-refractivity contribution in [3.8, 4) is 0 Å². The third-order valence-corrected chi connectivity index (χ3v) is 2.90. The molecule has 0 saturated carbocycles. The maximum absolute atomic E-state index is 12.1. The molecule has 1 aromatic heterocycles. The molecule has 6 heteroatoms. The minimum Gasteiger partial charge on any atom is -0.467 e. The molecule has 0 aliphatic rings. The highest BCUT2D eigenvalue weighted by molar-refractivity contribution is 5.99. The number of nitrogens with one attached hydrogen (secondary N) is 2. The highest BCUT2D eigenvalue weighted by Gasteiger charge is 2.20. The number of ether oxygens (including phenoxy) is 1. The fourth-order valence-corrected chi connectivity index (χ4v) is 1.80. The van der Waals surface area contributed by atoms with E-state index in [4.69, 9.17) is 0 Å². The first kappa shape index (κ1) is 13.1. The largest absolute Gasteiger partial charge is 0.467 e. The number of aromatic amines is 1. The second-order valence-electron chi connectivity index (χ2n) is 4.13. The zero-order valence-electron chi connectivity index (χ0n) is 10.8. The Balaban J connectivity index is 2.16. The van der Waals surface area contributed by atoms with Crippen LogP contribution in [-0.2, 0) is 9.53 Å². The Bertz CT molecular complexity index is 606. The van der Waals surface area contributed by atoms with Gasteiger partial charge in [0.2, 0.25) is 0 Å². The molecule has 2 rings (SSSR count). The van der Waals surface area contributed by atoms with E-state index in [9.17, 15) is 9.59 Å². The fraction of sp³-hybridized carbons (Fsp3) is 0.308. The molecule has 0 aliphatic heterocycles. The van der Waals surface area contributed by atoms with Gasteiger partial charge in [-0.2, -0.15) is 5.10 Å². The molecule has 0 saturated heterocycles. The lowest BCUT2D eigenvalue weighted by atomic mass is 10.1. The molecule has 1 heterocycles. The minimum absolute atomic E-state index is 0.305. The standard InChI is InChI=1S/C13H15N3O3/c1-3-10(13(18)19-2)15-12(17)8-4-5-11-9(6-8)7-14-16-11/h4-7,10H,3H2,1-2H3,(H,14,16)(H,15,17)/t10-/m1/s1. The van der Waals surface area contributed by atoms with Crippen molar-refractivity contribution in [1.82, 2.24) is 15.5 Å². The number of H-pyrrole nitrogens is 1. The zero-order valence-corrected chi connectivity index (χ0v) is 10.8. The van der Waals surface area contributed by atoms with Gasteiger partial charge in [0.1, 0.15) is 6.04 Å². The maximum atomic E-state index is 12.1. The van der Waals surface area contributed by atoms with Gasteiger partial charge in [0.25, 0.3) is 5.91 Å². The van der Waals surface area contributed by atoms with Gasteiger partial charge in [-0.05, 0) is 24.6 Å². The number of hydrogen-bond acceptors (Lipinski definition) is 4. The van der Waals surface area contributed by atoms with Crippen LogP contribution < -0.4 is 5.32 Å². The number of methoxy groups -OCH3 is 1. The van der Waals surface area contributed by atoms with Crippen molar-refractivity contribution < 1.29 is 14.3 Å². The van der Waals surface area contributed by atoms with E-state index in [0.717, 1.165) is 10.9 Å². The van der Waals surface area contributed by atoms with E-state index in [1.807, 2.05) is 0 Å². The van der Waals surface area contributed by atoms with E-state index in [-0.39, 0.29) is 5.91 Å². The minimum atomic E-state index is -0.627. The molecule has 0 aliphatic carbocycles. The van der Waals surface area contributed by atoms with Crippen molar-refractivity contribution in [3.63, 3.8) is 0 Å². The Labute approximate surface area is 110 Å². The van der Waals surface area contributed by atoms with Crippen LogP contribution in [0.3, 0.4) is 0 Å². The van der Waals surface area contributed by atoms with Crippen LogP contribution in [0.25, 0.3) is 10.9 Å². The Morgan fingerprint density at radius 2 is 2.26 bits per heavy atom. The number of nitrogens with zero attached hydrogens (tertiary/aromatic N) is 1.